The van der Waals surface area contributed by atoms with E-state index in [4.69, 9.17) is 0 Å². The third kappa shape index (κ3) is 2.69. The fraction of sp³-hybridized carbons (Fsp3) is 0.917. The SMILES string of the molecule is CCC1(C(=O)NC(C)C2CC2)CCCN1.Cl. The first-order valence-corrected chi connectivity index (χ1v) is 6.24. The molecule has 3 nitrogen and oxygen atoms in total. The molecule has 2 rings (SSSR count). The number of hydrogen-bond donors (Lipinski definition) is 2. The first-order valence-electron chi connectivity index (χ1n) is 6.24. The molecule has 0 spiro atoms. The summed E-state index contributed by atoms with van der Waals surface area (Å²) in [6.45, 7) is 5.21. The fourth-order valence-electron chi connectivity index (χ4n) is 2.52. The Morgan fingerprint density at radius 2 is 2.25 bits per heavy atom. The maximum absolute atomic E-state index is 12.2. The number of carbonyl (C=O) groups excluding carboxylic acids is 1. The van der Waals surface area contributed by atoms with Crippen LogP contribution in [0, 0.1) is 5.92 Å². The van der Waals surface area contributed by atoms with Gasteiger partial charge in [0.25, 0.3) is 0 Å². The van der Waals surface area contributed by atoms with E-state index >= 15 is 0 Å². The van der Waals surface area contributed by atoms with Crippen LogP contribution in [0.15, 0.2) is 0 Å². The third-order valence-corrected chi connectivity index (χ3v) is 3.97. The van der Waals surface area contributed by atoms with E-state index in [1.54, 1.807) is 0 Å². The molecule has 94 valence electrons. The van der Waals surface area contributed by atoms with Gasteiger partial charge < -0.3 is 10.6 Å². The minimum absolute atomic E-state index is 0. The standard InChI is InChI=1S/C12H22N2O.ClH/c1-3-12(7-4-8-13-12)11(15)14-9(2)10-5-6-10;/h9-10,13H,3-8H2,1-2H3,(H,14,15);1H. The fourth-order valence-corrected chi connectivity index (χ4v) is 2.52. The van der Waals surface area contributed by atoms with Gasteiger partial charge in [-0.15, -0.1) is 12.4 Å². The lowest BCUT2D eigenvalue weighted by Gasteiger charge is -2.28. The number of halogens is 1. The second-order valence-electron chi connectivity index (χ2n) is 5.07. The zero-order valence-corrected chi connectivity index (χ0v) is 11.0. The highest BCUT2D eigenvalue weighted by Crippen LogP contribution is 2.33. The van der Waals surface area contributed by atoms with Crippen molar-refractivity contribution >= 4 is 18.3 Å². The quantitative estimate of drug-likeness (QED) is 0.795. The molecule has 0 aromatic carbocycles. The molecule has 2 N–H and O–H groups in total. The van der Waals surface area contributed by atoms with Crippen LogP contribution in [0.3, 0.4) is 0 Å². The molecular formula is C12H23ClN2O. The molecule has 1 amide bonds. The molecule has 0 aromatic rings. The summed E-state index contributed by atoms with van der Waals surface area (Å²) in [5.74, 6) is 0.964. The van der Waals surface area contributed by atoms with Crippen molar-refractivity contribution in [1.82, 2.24) is 10.6 Å². The predicted octanol–water partition coefficient (Wildman–Crippen LogP) is 1.86. The second kappa shape index (κ2) is 5.37. The van der Waals surface area contributed by atoms with E-state index in [-0.39, 0.29) is 23.9 Å². The summed E-state index contributed by atoms with van der Waals surface area (Å²) in [5.41, 5.74) is -0.261. The number of nitrogens with one attached hydrogen (secondary N) is 2. The number of amides is 1. The molecule has 1 heterocycles. The summed E-state index contributed by atoms with van der Waals surface area (Å²) in [7, 11) is 0. The first kappa shape index (κ1) is 13.8. The monoisotopic (exact) mass is 246 g/mol. The molecule has 1 aliphatic heterocycles. The molecule has 1 saturated heterocycles. The van der Waals surface area contributed by atoms with E-state index in [1.165, 1.54) is 12.8 Å². The number of hydrogen-bond acceptors (Lipinski definition) is 2. The first-order chi connectivity index (χ1) is 7.18. The van der Waals surface area contributed by atoms with Crippen molar-refractivity contribution in [2.45, 2.75) is 57.5 Å². The van der Waals surface area contributed by atoms with Crippen molar-refractivity contribution < 1.29 is 4.79 Å². The normalized spacial score (nSPS) is 30.6. The molecule has 0 radical (unpaired) electrons. The minimum Gasteiger partial charge on any atom is -0.352 e. The smallest absolute Gasteiger partial charge is 0.240 e. The summed E-state index contributed by atoms with van der Waals surface area (Å²) in [6, 6.07) is 0.364. The van der Waals surface area contributed by atoms with E-state index in [9.17, 15) is 4.79 Å². The maximum Gasteiger partial charge on any atom is 0.240 e. The largest absolute Gasteiger partial charge is 0.352 e. The summed E-state index contributed by atoms with van der Waals surface area (Å²) in [4.78, 5) is 12.2. The van der Waals surface area contributed by atoms with Crippen LogP contribution in [0.4, 0.5) is 0 Å². The summed E-state index contributed by atoms with van der Waals surface area (Å²) in [6.07, 6.45) is 5.59. The van der Waals surface area contributed by atoms with Crippen LogP contribution in [-0.4, -0.2) is 24.0 Å². The van der Waals surface area contributed by atoms with Gasteiger partial charge in [0, 0.05) is 6.04 Å². The molecule has 2 atom stereocenters. The van der Waals surface area contributed by atoms with Crippen LogP contribution in [0.2, 0.25) is 0 Å². The van der Waals surface area contributed by atoms with Crippen molar-refractivity contribution in [2.75, 3.05) is 6.54 Å². The number of rotatable bonds is 4. The van der Waals surface area contributed by atoms with E-state index < -0.39 is 0 Å². The van der Waals surface area contributed by atoms with Gasteiger partial charge in [-0.25, -0.2) is 0 Å². The third-order valence-electron chi connectivity index (χ3n) is 3.97. The Morgan fingerprint density at radius 3 is 2.69 bits per heavy atom. The van der Waals surface area contributed by atoms with Crippen LogP contribution in [-0.2, 0) is 4.79 Å². The molecule has 0 aromatic heterocycles. The Bertz CT molecular complexity index is 247. The second-order valence-corrected chi connectivity index (χ2v) is 5.07. The maximum atomic E-state index is 12.2. The van der Waals surface area contributed by atoms with E-state index in [0.717, 1.165) is 31.7 Å². The van der Waals surface area contributed by atoms with E-state index in [0.29, 0.717) is 6.04 Å². The van der Waals surface area contributed by atoms with Gasteiger partial charge in [0.15, 0.2) is 0 Å². The van der Waals surface area contributed by atoms with Crippen LogP contribution < -0.4 is 10.6 Å². The number of carbonyl (C=O) groups is 1. The van der Waals surface area contributed by atoms with Crippen LogP contribution in [0.5, 0.6) is 0 Å². The highest BCUT2D eigenvalue weighted by Gasteiger charge is 2.40. The van der Waals surface area contributed by atoms with Gasteiger partial charge in [-0.1, -0.05) is 6.92 Å². The lowest BCUT2D eigenvalue weighted by Crippen LogP contribution is -2.55. The van der Waals surface area contributed by atoms with Gasteiger partial charge in [-0.05, 0) is 51.5 Å². The lowest BCUT2D eigenvalue weighted by atomic mass is 9.92. The van der Waals surface area contributed by atoms with Crippen molar-refractivity contribution in [3.63, 3.8) is 0 Å². The Hall–Kier alpha value is -0.280. The van der Waals surface area contributed by atoms with Crippen molar-refractivity contribution in [3.05, 3.63) is 0 Å². The molecule has 2 aliphatic rings. The zero-order valence-electron chi connectivity index (χ0n) is 10.2. The molecular weight excluding hydrogens is 224 g/mol. The van der Waals surface area contributed by atoms with Crippen molar-refractivity contribution in [3.8, 4) is 0 Å². The molecule has 2 unspecified atom stereocenters. The Kier molecular flexibility index (Phi) is 4.62. The molecule has 2 fully saturated rings. The highest BCUT2D eigenvalue weighted by molar-refractivity contribution is 5.87. The average Bonchev–Trinajstić information content (AvgIpc) is 2.96. The Morgan fingerprint density at radius 1 is 1.56 bits per heavy atom. The van der Waals surface area contributed by atoms with Crippen molar-refractivity contribution in [2.24, 2.45) is 5.92 Å². The Balaban J connectivity index is 0.00000128. The van der Waals surface area contributed by atoms with Gasteiger partial charge in [-0.3, -0.25) is 4.79 Å². The average molecular weight is 247 g/mol. The summed E-state index contributed by atoms with van der Waals surface area (Å²) in [5, 5.41) is 6.55. The summed E-state index contributed by atoms with van der Waals surface area (Å²) >= 11 is 0. The molecule has 1 aliphatic carbocycles. The van der Waals surface area contributed by atoms with Gasteiger partial charge >= 0.3 is 0 Å². The van der Waals surface area contributed by atoms with Gasteiger partial charge in [0.05, 0.1) is 5.54 Å². The molecule has 4 heteroatoms. The van der Waals surface area contributed by atoms with Gasteiger partial charge in [0.2, 0.25) is 5.91 Å². The minimum atomic E-state index is -0.261. The lowest BCUT2D eigenvalue weighted by molar-refractivity contribution is -0.128. The summed E-state index contributed by atoms with van der Waals surface area (Å²) < 4.78 is 0. The molecule has 1 saturated carbocycles. The topological polar surface area (TPSA) is 41.1 Å². The predicted molar refractivity (Wildman–Crippen MR) is 67.8 cm³/mol. The van der Waals surface area contributed by atoms with Crippen LogP contribution in [0.1, 0.15) is 46.0 Å². The van der Waals surface area contributed by atoms with E-state index in [1.807, 2.05) is 0 Å². The Labute approximate surface area is 104 Å². The van der Waals surface area contributed by atoms with Crippen LogP contribution in [0.25, 0.3) is 0 Å². The highest BCUT2D eigenvalue weighted by atomic mass is 35.5. The van der Waals surface area contributed by atoms with Crippen molar-refractivity contribution in [1.29, 1.82) is 0 Å². The van der Waals surface area contributed by atoms with Gasteiger partial charge in [0.1, 0.15) is 0 Å². The van der Waals surface area contributed by atoms with E-state index in [2.05, 4.69) is 24.5 Å². The van der Waals surface area contributed by atoms with Gasteiger partial charge in [-0.2, -0.15) is 0 Å². The van der Waals surface area contributed by atoms with Crippen LogP contribution >= 0.6 is 12.4 Å². The molecule has 16 heavy (non-hydrogen) atoms. The zero-order chi connectivity index (χ0) is 10.9. The molecule has 0 bridgehead atoms.